The van der Waals surface area contributed by atoms with Crippen LogP contribution < -0.4 is 4.74 Å². The molecule has 3 aromatic rings. The largest absolute Gasteiger partial charge is 0.489 e. The minimum Gasteiger partial charge on any atom is -0.489 e. The number of allylic oxidation sites excluding steroid dienone is 1. The van der Waals surface area contributed by atoms with Gasteiger partial charge < -0.3 is 9.47 Å². The van der Waals surface area contributed by atoms with Crippen LogP contribution in [0.2, 0.25) is 0 Å². The van der Waals surface area contributed by atoms with Gasteiger partial charge >= 0.3 is 5.97 Å². The first kappa shape index (κ1) is 18.9. The molecule has 0 radical (unpaired) electrons. The molecule has 0 N–H and O–H groups in total. The number of hydrogen-bond acceptors (Lipinski definition) is 5. The molecule has 0 amide bonds. The molecule has 5 nitrogen and oxygen atoms in total. The van der Waals surface area contributed by atoms with E-state index in [9.17, 15) is 10.1 Å². The van der Waals surface area contributed by atoms with Gasteiger partial charge in [-0.3, -0.25) is 4.98 Å². The van der Waals surface area contributed by atoms with Crippen molar-refractivity contribution in [1.82, 2.24) is 4.98 Å². The van der Waals surface area contributed by atoms with E-state index in [0.29, 0.717) is 29.2 Å². The van der Waals surface area contributed by atoms with Gasteiger partial charge in [-0.25, -0.2) is 4.79 Å². The molecule has 0 saturated carbocycles. The van der Waals surface area contributed by atoms with E-state index in [1.807, 2.05) is 48.5 Å². The van der Waals surface area contributed by atoms with Gasteiger partial charge in [-0.05, 0) is 53.6 Å². The van der Waals surface area contributed by atoms with Crippen LogP contribution >= 0.6 is 0 Å². The van der Waals surface area contributed by atoms with Crippen molar-refractivity contribution in [1.29, 1.82) is 5.26 Å². The Morgan fingerprint density at radius 3 is 2.43 bits per heavy atom. The van der Waals surface area contributed by atoms with Gasteiger partial charge in [-0.15, -0.1) is 0 Å². The van der Waals surface area contributed by atoms with Gasteiger partial charge in [-0.1, -0.05) is 30.3 Å². The Morgan fingerprint density at radius 2 is 1.82 bits per heavy atom. The molecule has 0 unspecified atom stereocenters. The molecule has 1 heterocycles. The molecule has 0 aliphatic carbocycles. The molecule has 0 aliphatic rings. The lowest BCUT2D eigenvalue weighted by Crippen LogP contribution is -2.01. The van der Waals surface area contributed by atoms with Gasteiger partial charge in [0.25, 0.3) is 0 Å². The van der Waals surface area contributed by atoms with E-state index >= 15 is 0 Å². The monoisotopic (exact) mass is 370 g/mol. The summed E-state index contributed by atoms with van der Waals surface area (Å²) in [5.41, 5.74) is 3.47. The minimum absolute atomic E-state index is 0.362. The Bertz CT molecular complexity index is 1000. The topological polar surface area (TPSA) is 72.2 Å². The second-order valence-corrected chi connectivity index (χ2v) is 5.93. The molecule has 28 heavy (non-hydrogen) atoms. The molecule has 3 rings (SSSR count). The van der Waals surface area contributed by atoms with Crippen molar-refractivity contribution in [3.8, 4) is 11.8 Å². The molecular weight excluding hydrogens is 352 g/mol. The fraction of sp³-hybridized carbons (Fsp3) is 0.0870. The third-order valence-electron chi connectivity index (χ3n) is 4.03. The Hall–Kier alpha value is -3.91. The molecule has 0 fully saturated rings. The van der Waals surface area contributed by atoms with Crippen LogP contribution in [0.5, 0.6) is 5.75 Å². The quantitative estimate of drug-likeness (QED) is 0.471. The number of ether oxygens (including phenoxy) is 2. The standard InChI is InChI=1S/C23H18N2O3/c1-27-23(26)19-9-5-18(6-10-19)16-28-21-11-7-17(8-12-21)14-20(15-24)22-4-2-3-13-25-22/h2-14H,16H2,1H3. The van der Waals surface area contributed by atoms with E-state index in [4.69, 9.17) is 4.74 Å². The maximum Gasteiger partial charge on any atom is 0.337 e. The molecule has 138 valence electrons. The van der Waals surface area contributed by atoms with Gasteiger partial charge in [0.2, 0.25) is 0 Å². The number of carbonyl (C=O) groups is 1. The first-order valence-electron chi connectivity index (χ1n) is 8.63. The van der Waals surface area contributed by atoms with Gasteiger partial charge in [0.1, 0.15) is 18.4 Å². The Labute approximate surface area is 163 Å². The summed E-state index contributed by atoms with van der Waals surface area (Å²) in [4.78, 5) is 15.6. The zero-order chi connectivity index (χ0) is 19.8. The number of aromatic nitrogens is 1. The maximum atomic E-state index is 11.4. The third-order valence-corrected chi connectivity index (χ3v) is 4.03. The van der Waals surface area contributed by atoms with Crippen molar-refractivity contribution in [2.75, 3.05) is 7.11 Å². The zero-order valence-corrected chi connectivity index (χ0v) is 15.3. The highest BCUT2D eigenvalue weighted by Gasteiger charge is 2.05. The molecule has 0 saturated heterocycles. The zero-order valence-electron chi connectivity index (χ0n) is 15.3. The molecule has 0 aliphatic heterocycles. The van der Waals surface area contributed by atoms with E-state index in [1.54, 1.807) is 30.5 Å². The summed E-state index contributed by atoms with van der Waals surface area (Å²) in [6, 6.07) is 22.2. The van der Waals surface area contributed by atoms with E-state index in [0.717, 1.165) is 11.1 Å². The van der Waals surface area contributed by atoms with Crippen LogP contribution in [0.1, 0.15) is 27.2 Å². The van der Waals surface area contributed by atoms with Crippen LogP contribution in [-0.4, -0.2) is 18.1 Å². The second kappa shape index (κ2) is 9.15. The predicted molar refractivity (Wildman–Crippen MR) is 106 cm³/mol. The minimum atomic E-state index is -0.362. The van der Waals surface area contributed by atoms with Crippen molar-refractivity contribution < 1.29 is 14.3 Å². The molecule has 2 aromatic carbocycles. The molecular formula is C23H18N2O3. The second-order valence-electron chi connectivity index (χ2n) is 5.93. The lowest BCUT2D eigenvalue weighted by Gasteiger charge is -2.07. The van der Waals surface area contributed by atoms with Crippen molar-refractivity contribution in [2.45, 2.75) is 6.61 Å². The van der Waals surface area contributed by atoms with E-state index in [1.165, 1.54) is 7.11 Å². The van der Waals surface area contributed by atoms with Crippen molar-refractivity contribution >= 4 is 17.6 Å². The summed E-state index contributed by atoms with van der Waals surface area (Å²) in [5, 5.41) is 9.36. The van der Waals surface area contributed by atoms with Crippen molar-refractivity contribution in [3.63, 3.8) is 0 Å². The smallest absolute Gasteiger partial charge is 0.337 e. The Kier molecular flexibility index (Phi) is 6.17. The maximum absolute atomic E-state index is 11.4. The van der Waals surface area contributed by atoms with Crippen LogP contribution in [0.25, 0.3) is 11.6 Å². The highest BCUT2D eigenvalue weighted by Crippen LogP contribution is 2.19. The number of nitriles is 1. The van der Waals surface area contributed by atoms with Gasteiger partial charge in [0, 0.05) is 6.20 Å². The van der Waals surface area contributed by atoms with E-state index in [2.05, 4.69) is 15.8 Å². The first-order chi connectivity index (χ1) is 13.7. The van der Waals surface area contributed by atoms with Crippen LogP contribution in [0.3, 0.4) is 0 Å². The molecule has 0 spiro atoms. The summed E-state index contributed by atoms with van der Waals surface area (Å²) in [7, 11) is 1.36. The number of benzene rings is 2. The van der Waals surface area contributed by atoms with Crippen LogP contribution in [0.15, 0.2) is 72.9 Å². The van der Waals surface area contributed by atoms with Gasteiger partial charge in [-0.2, -0.15) is 5.26 Å². The SMILES string of the molecule is COC(=O)c1ccc(COc2ccc(C=C(C#N)c3ccccn3)cc2)cc1. The van der Waals surface area contributed by atoms with E-state index in [-0.39, 0.29) is 5.97 Å². The molecule has 5 heteroatoms. The molecule has 0 bridgehead atoms. The Morgan fingerprint density at radius 1 is 1.07 bits per heavy atom. The van der Waals surface area contributed by atoms with Crippen LogP contribution in [-0.2, 0) is 11.3 Å². The fourth-order valence-corrected chi connectivity index (χ4v) is 2.53. The number of pyridine rings is 1. The van der Waals surface area contributed by atoms with Crippen LogP contribution in [0, 0.1) is 11.3 Å². The van der Waals surface area contributed by atoms with Gasteiger partial charge in [0.05, 0.1) is 23.9 Å². The summed E-state index contributed by atoms with van der Waals surface area (Å²) < 4.78 is 10.5. The first-order valence-corrected chi connectivity index (χ1v) is 8.63. The molecule has 1 aromatic heterocycles. The van der Waals surface area contributed by atoms with Crippen molar-refractivity contribution in [2.24, 2.45) is 0 Å². The number of methoxy groups -OCH3 is 1. The summed E-state index contributed by atoms with van der Waals surface area (Å²) in [5.74, 6) is 0.351. The van der Waals surface area contributed by atoms with E-state index < -0.39 is 0 Å². The summed E-state index contributed by atoms with van der Waals surface area (Å²) >= 11 is 0. The number of carbonyl (C=O) groups excluding carboxylic acids is 1. The highest BCUT2D eigenvalue weighted by molar-refractivity contribution is 5.89. The van der Waals surface area contributed by atoms with Crippen molar-refractivity contribution in [3.05, 3.63) is 95.3 Å². The molecule has 0 atom stereocenters. The normalized spacial score (nSPS) is 10.8. The highest BCUT2D eigenvalue weighted by atomic mass is 16.5. The predicted octanol–water partition coefficient (Wildman–Crippen LogP) is 4.51. The summed E-state index contributed by atoms with van der Waals surface area (Å²) in [6.07, 6.45) is 3.45. The van der Waals surface area contributed by atoms with Gasteiger partial charge in [0.15, 0.2) is 0 Å². The van der Waals surface area contributed by atoms with Crippen LogP contribution in [0.4, 0.5) is 0 Å². The third kappa shape index (κ3) is 4.83. The lowest BCUT2D eigenvalue weighted by molar-refractivity contribution is 0.0600. The average molecular weight is 370 g/mol. The summed E-state index contributed by atoms with van der Waals surface area (Å²) in [6.45, 7) is 0.383. The average Bonchev–Trinajstić information content (AvgIpc) is 2.77. The number of esters is 1. The fourth-order valence-electron chi connectivity index (χ4n) is 2.53. The Balaban J connectivity index is 1.64. The lowest BCUT2D eigenvalue weighted by atomic mass is 10.1. The number of nitrogens with zero attached hydrogens (tertiary/aromatic N) is 2. The number of rotatable bonds is 6. The number of hydrogen-bond donors (Lipinski definition) is 0.